The molecular weight excluding hydrogens is 176 g/mol. The summed E-state index contributed by atoms with van der Waals surface area (Å²) in [5.41, 5.74) is 3.75. The molecule has 78 valence electrons. The molecule has 0 aliphatic rings. The van der Waals surface area contributed by atoms with Crippen LogP contribution in [0.3, 0.4) is 0 Å². The van der Waals surface area contributed by atoms with Gasteiger partial charge in [0.25, 0.3) is 0 Å². The van der Waals surface area contributed by atoms with E-state index in [0.717, 1.165) is 18.5 Å². The smallest absolute Gasteiger partial charge is 0.115 e. The highest BCUT2D eigenvalue weighted by Gasteiger charge is 2.13. The maximum Gasteiger partial charge on any atom is 0.115 e. The molecule has 2 unspecified atom stereocenters. The number of hydrogen-bond acceptors (Lipinski definition) is 4. The first kappa shape index (κ1) is 11.1. The van der Waals surface area contributed by atoms with Crippen LogP contribution in [0.1, 0.15) is 38.4 Å². The number of hydrogen-bond donors (Lipinski definition) is 2. The lowest BCUT2D eigenvalue weighted by molar-refractivity contribution is 0.401. The minimum atomic E-state index is 0.132. The Labute approximate surface area is 84.9 Å². The van der Waals surface area contributed by atoms with Crippen molar-refractivity contribution in [3.8, 4) is 0 Å². The summed E-state index contributed by atoms with van der Waals surface area (Å²) >= 11 is 0. The summed E-state index contributed by atoms with van der Waals surface area (Å²) in [6.07, 6.45) is 5.45. The Hall–Kier alpha value is -1.00. The van der Waals surface area contributed by atoms with E-state index in [2.05, 4.69) is 29.2 Å². The van der Waals surface area contributed by atoms with E-state index in [4.69, 9.17) is 5.84 Å². The predicted octanol–water partition coefficient (Wildman–Crippen LogP) is 1.42. The van der Waals surface area contributed by atoms with Crippen LogP contribution in [0.4, 0.5) is 0 Å². The molecule has 0 saturated carbocycles. The third-order valence-corrected chi connectivity index (χ3v) is 2.50. The second-order valence-electron chi connectivity index (χ2n) is 3.60. The van der Waals surface area contributed by atoms with Crippen molar-refractivity contribution in [1.82, 2.24) is 15.4 Å². The van der Waals surface area contributed by atoms with E-state index < -0.39 is 0 Å². The monoisotopic (exact) mass is 194 g/mol. The van der Waals surface area contributed by atoms with E-state index in [1.165, 1.54) is 0 Å². The van der Waals surface area contributed by atoms with Gasteiger partial charge in [0.05, 0.1) is 11.7 Å². The topological polar surface area (TPSA) is 63.8 Å². The number of hydrazine groups is 1. The van der Waals surface area contributed by atoms with Gasteiger partial charge in [0.15, 0.2) is 0 Å². The molecule has 1 aromatic heterocycles. The molecule has 1 rings (SSSR count). The lowest BCUT2D eigenvalue weighted by atomic mass is 9.98. The van der Waals surface area contributed by atoms with Crippen LogP contribution < -0.4 is 11.3 Å². The standard InChI is InChI=1S/C10H18N4/c1-3-8(2)6-10(14-11)9-4-5-12-7-13-9/h4-5,7-8,10,14H,3,6,11H2,1-2H3. The molecule has 0 aliphatic carbocycles. The second kappa shape index (κ2) is 5.67. The molecule has 1 heterocycles. The molecule has 0 fully saturated rings. The van der Waals surface area contributed by atoms with Crippen molar-refractivity contribution >= 4 is 0 Å². The zero-order valence-corrected chi connectivity index (χ0v) is 8.77. The van der Waals surface area contributed by atoms with Crippen molar-refractivity contribution in [2.45, 2.75) is 32.7 Å². The molecule has 0 aromatic carbocycles. The number of nitrogens with two attached hydrogens (primary N) is 1. The fourth-order valence-corrected chi connectivity index (χ4v) is 1.35. The number of nitrogens with one attached hydrogen (secondary N) is 1. The highest BCUT2D eigenvalue weighted by Crippen LogP contribution is 2.19. The minimum absolute atomic E-state index is 0.132. The summed E-state index contributed by atoms with van der Waals surface area (Å²) in [5.74, 6) is 6.14. The van der Waals surface area contributed by atoms with Crippen molar-refractivity contribution in [2.24, 2.45) is 11.8 Å². The number of rotatable bonds is 5. The van der Waals surface area contributed by atoms with Crippen LogP contribution in [0.15, 0.2) is 18.6 Å². The van der Waals surface area contributed by atoms with Gasteiger partial charge < -0.3 is 0 Å². The van der Waals surface area contributed by atoms with Crippen molar-refractivity contribution in [2.75, 3.05) is 0 Å². The van der Waals surface area contributed by atoms with E-state index >= 15 is 0 Å². The lowest BCUT2D eigenvalue weighted by Gasteiger charge is -2.18. The van der Waals surface area contributed by atoms with E-state index in [-0.39, 0.29) is 6.04 Å². The highest BCUT2D eigenvalue weighted by molar-refractivity contribution is 5.04. The lowest BCUT2D eigenvalue weighted by Crippen LogP contribution is -2.30. The first-order valence-electron chi connectivity index (χ1n) is 5.00. The second-order valence-corrected chi connectivity index (χ2v) is 3.60. The Morgan fingerprint density at radius 1 is 1.57 bits per heavy atom. The van der Waals surface area contributed by atoms with Crippen molar-refractivity contribution in [3.05, 3.63) is 24.3 Å². The fourth-order valence-electron chi connectivity index (χ4n) is 1.35. The van der Waals surface area contributed by atoms with Gasteiger partial charge in [-0.05, 0) is 18.4 Å². The molecule has 2 atom stereocenters. The molecule has 0 aliphatic heterocycles. The van der Waals surface area contributed by atoms with Gasteiger partial charge in [-0.25, -0.2) is 9.97 Å². The number of nitrogens with zero attached hydrogens (tertiary/aromatic N) is 2. The Kier molecular flexibility index (Phi) is 4.49. The fraction of sp³-hybridized carbons (Fsp3) is 0.600. The molecule has 3 N–H and O–H groups in total. The first-order valence-corrected chi connectivity index (χ1v) is 5.00. The molecule has 1 aromatic rings. The summed E-state index contributed by atoms with van der Waals surface area (Å²) in [4.78, 5) is 8.07. The largest absolute Gasteiger partial charge is 0.271 e. The first-order chi connectivity index (χ1) is 6.77. The maximum atomic E-state index is 5.50. The van der Waals surface area contributed by atoms with Crippen LogP contribution in [0.25, 0.3) is 0 Å². The maximum absolute atomic E-state index is 5.50. The average Bonchev–Trinajstić information content (AvgIpc) is 2.26. The molecule has 14 heavy (non-hydrogen) atoms. The molecule has 0 radical (unpaired) electrons. The quantitative estimate of drug-likeness (QED) is 0.549. The van der Waals surface area contributed by atoms with Crippen molar-refractivity contribution < 1.29 is 0 Å². The van der Waals surface area contributed by atoms with Crippen molar-refractivity contribution in [1.29, 1.82) is 0 Å². The molecule has 4 heteroatoms. The third kappa shape index (κ3) is 3.05. The van der Waals surface area contributed by atoms with Crippen LogP contribution in [-0.2, 0) is 0 Å². The Balaban J connectivity index is 2.63. The van der Waals surface area contributed by atoms with Gasteiger partial charge in [0, 0.05) is 6.20 Å². The van der Waals surface area contributed by atoms with E-state index in [1.54, 1.807) is 12.5 Å². The molecule has 0 amide bonds. The predicted molar refractivity (Wildman–Crippen MR) is 56.2 cm³/mol. The Morgan fingerprint density at radius 3 is 2.86 bits per heavy atom. The highest BCUT2D eigenvalue weighted by atomic mass is 15.2. The summed E-state index contributed by atoms with van der Waals surface area (Å²) < 4.78 is 0. The Bertz CT molecular complexity index is 250. The van der Waals surface area contributed by atoms with Crippen LogP contribution in [0.2, 0.25) is 0 Å². The van der Waals surface area contributed by atoms with E-state index in [9.17, 15) is 0 Å². The third-order valence-electron chi connectivity index (χ3n) is 2.50. The Morgan fingerprint density at radius 2 is 2.36 bits per heavy atom. The van der Waals surface area contributed by atoms with Crippen molar-refractivity contribution in [3.63, 3.8) is 0 Å². The van der Waals surface area contributed by atoms with Crippen LogP contribution in [-0.4, -0.2) is 9.97 Å². The zero-order chi connectivity index (χ0) is 10.4. The molecule has 4 nitrogen and oxygen atoms in total. The van der Waals surface area contributed by atoms with Crippen LogP contribution in [0.5, 0.6) is 0 Å². The van der Waals surface area contributed by atoms with Gasteiger partial charge in [0.2, 0.25) is 0 Å². The van der Waals surface area contributed by atoms with Crippen LogP contribution in [0, 0.1) is 5.92 Å². The van der Waals surface area contributed by atoms with E-state index in [0.29, 0.717) is 5.92 Å². The molecule has 0 saturated heterocycles. The van der Waals surface area contributed by atoms with E-state index in [1.807, 2.05) is 6.07 Å². The van der Waals surface area contributed by atoms with Gasteiger partial charge in [0.1, 0.15) is 6.33 Å². The normalized spacial score (nSPS) is 15.1. The van der Waals surface area contributed by atoms with Gasteiger partial charge >= 0.3 is 0 Å². The average molecular weight is 194 g/mol. The molecule has 0 bridgehead atoms. The van der Waals surface area contributed by atoms with Crippen LogP contribution >= 0.6 is 0 Å². The van der Waals surface area contributed by atoms with Gasteiger partial charge in [-0.2, -0.15) is 0 Å². The zero-order valence-electron chi connectivity index (χ0n) is 8.77. The number of aromatic nitrogens is 2. The molecular formula is C10H18N4. The van der Waals surface area contributed by atoms with Gasteiger partial charge in [-0.1, -0.05) is 20.3 Å². The summed E-state index contributed by atoms with van der Waals surface area (Å²) in [7, 11) is 0. The SMILES string of the molecule is CCC(C)CC(NN)c1ccncn1. The minimum Gasteiger partial charge on any atom is -0.271 e. The van der Waals surface area contributed by atoms with Gasteiger partial charge in [-0.15, -0.1) is 0 Å². The summed E-state index contributed by atoms with van der Waals surface area (Å²) in [6.45, 7) is 4.39. The summed E-state index contributed by atoms with van der Waals surface area (Å²) in [5, 5.41) is 0. The molecule has 0 spiro atoms. The summed E-state index contributed by atoms with van der Waals surface area (Å²) in [6, 6.07) is 2.03. The van der Waals surface area contributed by atoms with Gasteiger partial charge in [-0.3, -0.25) is 11.3 Å².